The topological polar surface area (TPSA) is 115 Å². The van der Waals surface area contributed by atoms with E-state index in [4.69, 9.17) is 5.73 Å². The largest absolute Gasteiger partial charge is 0.368 e. The fourth-order valence-electron chi connectivity index (χ4n) is 2.81. The second-order valence-electron chi connectivity index (χ2n) is 6.20. The molecule has 0 aliphatic carbocycles. The van der Waals surface area contributed by atoms with Crippen LogP contribution in [0.25, 0.3) is 0 Å². The Morgan fingerprint density at radius 3 is 2.35 bits per heavy atom. The lowest BCUT2D eigenvalue weighted by Gasteiger charge is -2.18. The first-order chi connectivity index (χ1) is 12.3. The summed E-state index contributed by atoms with van der Waals surface area (Å²) in [4.78, 5) is 34.4. The summed E-state index contributed by atoms with van der Waals surface area (Å²) < 4.78 is 0. The van der Waals surface area contributed by atoms with Gasteiger partial charge in [0.05, 0.1) is 11.3 Å². The van der Waals surface area contributed by atoms with Crippen molar-refractivity contribution in [2.24, 2.45) is 5.73 Å². The molecule has 0 fully saturated rings. The van der Waals surface area contributed by atoms with Crippen LogP contribution in [0.4, 0.5) is 5.69 Å². The zero-order valence-corrected chi connectivity index (χ0v) is 14.7. The molecule has 2 amide bonds. The van der Waals surface area contributed by atoms with Gasteiger partial charge in [-0.1, -0.05) is 30.3 Å². The molecule has 2 aromatic rings. The number of non-ortho nitro benzene ring substituents is 1. The standard InChI is InChI=1S/C19H21N3O4/c1-12-5-3-6-13(2)16(12)11-17(19(20)24)21-18(23)10-14-7-4-8-15(9-14)22(25)26/h3-9,17H,10-11H2,1-2H3,(H2,20,24)(H,21,23)/t17-/m0/s1. The monoisotopic (exact) mass is 355 g/mol. The molecule has 0 bridgehead atoms. The maximum absolute atomic E-state index is 12.3. The van der Waals surface area contributed by atoms with Gasteiger partial charge in [0, 0.05) is 18.6 Å². The molecule has 3 N–H and O–H groups in total. The Hall–Kier alpha value is -3.22. The summed E-state index contributed by atoms with van der Waals surface area (Å²) in [5.41, 5.74) is 8.85. The predicted octanol–water partition coefficient (Wildman–Crippen LogP) is 1.97. The second-order valence-corrected chi connectivity index (χ2v) is 6.20. The van der Waals surface area contributed by atoms with E-state index in [9.17, 15) is 19.7 Å². The lowest BCUT2D eigenvalue weighted by atomic mass is 9.96. The molecule has 0 spiro atoms. The van der Waals surface area contributed by atoms with E-state index in [2.05, 4.69) is 5.32 Å². The van der Waals surface area contributed by atoms with Crippen LogP contribution in [-0.2, 0) is 22.4 Å². The number of hydrogen-bond donors (Lipinski definition) is 2. The van der Waals surface area contributed by atoms with Gasteiger partial charge in [-0.25, -0.2) is 0 Å². The zero-order chi connectivity index (χ0) is 19.3. The quantitative estimate of drug-likeness (QED) is 0.583. The Bertz CT molecular complexity index is 828. The molecule has 0 saturated carbocycles. The molecule has 0 saturated heterocycles. The van der Waals surface area contributed by atoms with Gasteiger partial charge >= 0.3 is 0 Å². The molecule has 7 nitrogen and oxygen atoms in total. The molecule has 1 atom stereocenters. The Labute approximate surface area is 151 Å². The Morgan fingerprint density at radius 2 is 1.77 bits per heavy atom. The summed E-state index contributed by atoms with van der Waals surface area (Å²) in [5.74, 6) is -1.04. The van der Waals surface area contributed by atoms with E-state index in [0.29, 0.717) is 12.0 Å². The number of benzene rings is 2. The number of carbonyl (C=O) groups is 2. The van der Waals surface area contributed by atoms with Crippen molar-refractivity contribution < 1.29 is 14.5 Å². The molecule has 0 radical (unpaired) electrons. The number of hydrogen-bond acceptors (Lipinski definition) is 4. The van der Waals surface area contributed by atoms with Crippen molar-refractivity contribution in [1.82, 2.24) is 5.32 Å². The minimum Gasteiger partial charge on any atom is -0.368 e. The lowest BCUT2D eigenvalue weighted by Crippen LogP contribution is -2.46. The zero-order valence-electron chi connectivity index (χ0n) is 14.7. The van der Waals surface area contributed by atoms with Crippen molar-refractivity contribution in [2.75, 3.05) is 0 Å². The summed E-state index contributed by atoms with van der Waals surface area (Å²) >= 11 is 0. The number of nitro groups is 1. The van der Waals surface area contributed by atoms with Crippen LogP contribution in [0.2, 0.25) is 0 Å². The molecule has 0 heterocycles. The number of nitrogens with two attached hydrogens (primary N) is 1. The maximum Gasteiger partial charge on any atom is 0.269 e. The fourth-order valence-corrected chi connectivity index (χ4v) is 2.81. The molecule has 2 rings (SSSR count). The molecule has 0 aromatic heterocycles. The maximum atomic E-state index is 12.3. The van der Waals surface area contributed by atoms with Gasteiger partial charge < -0.3 is 11.1 Å². The third-order valence-corrected chi connectivity index (χ3v) is 4.22. The van der Waals surface area contributed by atoms with E-state index in [-0.39, 0.29) is 12.1 Å². The van der Waals surface area contributed by atoms with Crippen molar-refractivity contribution in [3.63, 3.8) is 0 Å². The first-order valence-electron chi connectivity index (χ1n) is 8.15. The van der Waals surface area contributed by atoms with E-state index in [1.54, 1.807) is 6.07 Å². The molecule has 0 aliphatic rings. The lowest BCUT2D eigenvalue weighted by molar-refractivity contribution is -0.384. The normalized spacial score (nSPS) is 11.6. The van der Waals surface area contributed by atoms with Crippen molar-refractivity contribution in [2.45, 2.75) is 32.7 Å². The minimum atomic E-state index is -0.846. The molecule has 7 heteroatoms. The first-order valence-corrected chi connectivity index (χ1v) is 8.15. The number of amides is 2. The summed E-state index contributed by atoms with van der Waals surface area (Å²) in [6.07, 6.45) is 0.229. The first kappa shape index (κ1) is 19.1. The fraction of sp³-hybridized carbons (Fsp3) is 0.263. The van der Waals surface area contributed by atoms with Crippen LogP contribution in [0.15, 0.2) is 42.5 Å². The number of nitrogens with one attached hydrogen (secondary N) is 1. The summed E-state index contributed by atoms with van der Waals surface area (Å²) in [6, 6.07) is 10.8. The van der Waals surface area contributed by atoms with Crippen molar-refractivity contribution >= 4 is 17.5 Å². The van der Waals surface area contributed by atoms with Crippen LogP contribution in [0.5, 0.6) is 0 Å². The average Bonchev–Trinajstić information content (AvgIpc) is 2.57. The molecule has 0 unspecified atom stereocenters. The van der Waals surface area contributed by atoms with Gasteiger partial charge in [0.2, 0.25) is 11.8 Å². The number of nitrogens with zero attached hydrogens (tertiary/aromatic N) is 1. The van der Waals surface area contributed by atoms with Gasteiger partial charge in [0.25, 0.3) is 5.69 Å². The van der Waals surface area contributed by atoms with Crippen molar-refractivity contribution in [3.05, 3.63) is 74.8 Å². The SMILES string of the molecule is Cc1cccc(C)c1C[C@H](NC(=O)Cc1cccc([N+](=O)[O-])c1)C(N)=O. The molecule has 2 aromatic carbocycles. The predicted molar refractivity (Wildman–Crippen MR) is 97.5 cm³/mol. The van der Waals surface area contributed by atoms with E-state index in [0.717, 1.165) is 16.7 Å². The number of nitro benzene ring substituents is 1. The van der Waals surface area contributed by atoms with Crippen molar-refractivity contribution in [3.8, 4) is 0 Å². The van der Waals surface area contributed by atoms with E-state index < -0.39 is 22.8 Å². The number of rotatable bonds is 7. The third-order valence-electron chi connectivity index (χ3n) is 4.22. The number of aryl methyl sites for hydroxylation is 2. The Balaban J connectivity index is 2.10. The van der Waals surface area contributed by atoms with Crippen LogP contribution in [0.1, 0.15) is 22.3 Å². The summed E-state index contributed by atoms with van der Waals surface area (Å²) in [7, 11) is 0. The highest BCUT2D eigenvalue weighted by Crippen LogP contribution is 2.16. The average molecular weight is 355 g/mol. The highest BCUT2D eigenvalue weighted by molar-refractivity contribution is 5.87. The van der Waals surface area contributed by atoms with Gasteiger partial charge in [-0.05, 0) is 36.1 Å². The number of primary amides is 1. The summed E-state index contributed by atoms with van der Waals surface area (Å²) in [5, 5.41) is 13.5. The van der Waals surface area contributed by atoms with Gasteiger partial charge in [0.15, 0.2) is 0 Å². The molecular formula is C19H21N3O4. The highest BCUT2D eigenvalue weighted by atomic mass is 16.6. The minimum absolute atomic E-state index is 0.0712. The summed E-state index contributed by atoms with van der Waals surface area (Å²) in [6.45, 7) is 3.87. The van der Waals surface area contributed by atoms with Gasteiger partial charge in [0.1, 0.15) is 6.04 Å². The van der Waals surface area contributed by atoms with Crippen molar-refractivity contribution in [1.29, 1.82) is 0 Å². The second kappa shape index (κ2) is 8.24. The Kier molecular flexibility index (Phi) is 6.06. The van der Waals surface area contributed by atoms with Crippen LogP contribution in [-0.4, -0.2) is 22.8 Å². The van der Waals surface area contributed by atoms with Gasteiger partial charge in [-0.3, -0.25) is 19.7 Å². The van der Waals surface area contributed by atoms with Gasteiger partial charge in [-0.15, -0.1) is 0 Å². The number of carbonyl (C=O) groups excluding carboxylic acids is 2. The van der Waals surface area contributed by atoms with Gasteiger partial charge in [-0.2, -0.15) is 0 Å². The molecule has 0 aliphatic heterocycles. The molecule has 26 heavy (non-hydrogen) atoms. The van der Waals surface area contributed by atoms with Crippen LogP contribution in [0.3, 0.4) is 0 Å². The van der Waals surface area contributed by atoms with E-state index in [1.165, 1.54) is 18.2 Å². The van der Waals surface area contributed by atoms with E-state index in [1.807, 2.05) is 32.0 Å². The highest BCUT2D eigenvalue weighted by Gasteiger charge is 2.21. The van der Waals surface area contributed by atoms with Crippen LogP contribution >= 0.6 is 0 Å². The molecule has 136 valence electrons. The molecular weight excluding hydrogens is 334 g/mol. The van der Waals surface area contributed by atoms with Crippen LogP contribution < -0.4 is 11.1 Å². The smallest absolute Gasteiger partial charge is 0.269 e. The third kappa shape index (κ3) is 4.89. The van der Waals surface area contributed by atoms with Crippen LogP contribution in [0, 0.1) is 24.0 Å². The van der Waals surface area contributed by atoms with E-state index >= 15 is 0 Å². The Morgan fingerprint density at radius 1 is 1.15 bits per heavy atom.